The van der Waals surface area contributed by atoms with E-state index in [0.717, 1.165) is 12.4 Å². The second kappa shape index (κ2) is 11.4. The lowest BCUT2D eigenvalue weighted by Crippen LogP contribution is -2.49. The molecule has 0 saturated heterocycles. The Hall–Kier alpha value is -1.31. The molecule has 1 aliphatic carbocycles. The molecule has 146 valence electrons. The molecule has 1 fully saturated rings. The van der Waals surface area contributed by atoms with Crippen molar-refractivity contribution in [2.45, 2.75) is 52.1 Å². The Morgan fingerprint density at radius 2 is 1.85 bits per heavy atom. The van der Waals surface area contributed by atoms with Crippen LogP contribution in [0.2, 0.25) is 0 Å². The van der Waals surface area contributed by atoms with E-state index in [1.54, 1.807) is 19.0 Å². The zero-order valence-electron chi connectivity index (χ0n) is 16.4. The first-order valence-electron chi connectivity index (χ1n) is 9.26. The number of aliphatic imine (C=N–C) groups is 1. The molecule has 5 nitrogen and oxygen atoms in total. The quantitative estimate of drug-likeness (QED) is 0.393. The lowest BCUT2D eigenvalue weighted by Gasteiger charge is -2.31. The molecule has 26 heavy (non-hydrogen) atoms. The van der Waals surface area contributed by atoms with Crippen molar-refractivity contribution in [1.29, 1.82) is 0 Å². The maximum atomic E-state index is 11.9. The van der Waals surface area contributed by atoms with Gasteiger partial charge in [0.1, 0.15) is 0 Å². The minimum atomic E-state index is 0. The molecule has 6 heteroatoms. The number of carbonyl (C=O) groups is 1. The minimum Gasteiger partial charge on any atom is -0.353 e. The molecule has 2 N–H and O–H groups in total. The number of carbonyl (C=O) groups excluding carboxylic acids is 1. The standard InChI is InChI=1S/C20H32N4O.HI/c1-15-9-11-17(12-10-15)13-21-20(22-14-19(25)24(3)4)23-18-8-6-5-7-16(18)2;/h9-12,16,18H,5-8,13-14H2,1-4H3,(H2,21,22,23);1H. The summed E-state index contributed by atoms with van der Waals surface area (Å²) in [5.41, 5.74) is 2.42. The van der Waals surface area contributed by atoms with Gasteiger partial charge in [0.15, 0.2) is 5.96 Å². The normalized spacial score (nSPS) is 20.1. The fraction of sp³-hybridized carbons (Fsp3) is 0.600. The number of benzene rings is 1. The lowest BCUT2D eigenvalue weighted by atomic mass is 9.86. The van der Waals surface area contributed by atoms with Crippen molar-refractivity contribution in [3.8, 4) is 0 Å². The first-order chi connectivity index (χ1) is 12.0. The summed E-state index contributed by atoms with van der Waals surface area (Å²) in [5.74, 6) is 1.40. The van der Waals surface area contributed by atoms with Crippen LogP contribution in [0.4, 0.5) is 0 Å². The van der Waals surface area contributed by atoms with Crippen molar-refractivity contribution >= 4 is 35.8 Å². The topological polar surface area (TPSA) is 56.7 Å². The molecule has 2 atom stereocenters. The Bertz CT molecular complexity index is 586. The van der Waals surface area contributed by atoms with Gasteiger partial charge in [0.2, 0.25) is 5.91 Å². The Balaban J connectivity index is 0.00000338. The number of rotatable bonds is 5. The van der Waals surface area contributed by atoms with Gasteiger partial charge in [-0.2, -0.15) is 0 Å². The number of amides is 1. The van der Waals surface area contributed by atoms with Gasteiger partial charge in [-0.1, -0.05) is 49.6 Å². The zero-order valence-corrected chi connectivity index (χ0v) is 18.7. The van der Waals surface area contributed by atoms with E-state index < -0.39 is 0 Å². The predicted octanol–water partition coefficient (Wildman–Crippen LogP) is 3.32. The average Bonchev–Trinajstić information content (AvgIpc) is 2.60. The van der Waals surface area contributed by atoms with Gasteiger partial charge in [0.05, 0.1) is 13.1 Å². The number of hydrogen-bond donors (Lipinski definition) is 2. The summed E-state index contributed by atoms with van der Waals surface area (Å²) < 4.78 is 0. The van der Waals surface area contributed by atoms with E-state index in [9.17, 15) is 4.79 Å². The van der Waals surface area contributed by atoms with E-state index >= 15 is 0 Å². The average molecular weight is 472 g/mol. The summed E-state index contributed by atoms with van der Waals surface area (Å²) in [7, 11) is 3.54. The molecule has 0 radical (unpaired) electrons. The Kier molecular flexibility index (Phi) is 9.98. The van der Waals surface area contributed by atoms with Gasteiger partial charge in [-0.05, 0) is 31.2 Å². The van der Waals surface area contributed by atoms with E-state index in [-0.39, 0.29) is 36.4 Å². The van der Waals surface area contributed by atoms with Gasteiger partial charge in [-0.3, -0.25) is 4.79 Å². The minimum absolute atomic E-state index is 0. The zero-order chi connectivity index (χ0) is 18.2. The highest BCUT2D eigenvalue weighted by Crippen LogP contribution is 2.23. The van der Waals surface area contributed by atoms with Crippen LogP contribution in [-0.2, 0) is 11.3 Å². The third kappa shape index (κ3) is 7.51. The van der Waals surface area contributed by atoms with Gasteiger partial charge in [0, 0.05) is 20.1 Å². The first-order valence-corrected chi connectivity index (χ1v) is 9.26. The largest absolute Gasteiger partial charge is 0.353 e. The van der Waals surface area contributed by atoms with Crippen LogP contribution in [-0.4, -0.2) is 43.4 Å². The molecular formula is C20H33IN4O. The smallest absolute Gasteiger partial charge is 0.241 e. The maximum absolute atomic E-state index is 11.9. The summed E-state index contributed by atoms with van der Waals surface area (Å²) in [4.78, 5) is 18.2. The third-order valence-corrected chi connectivity index (χ3v) is 4.88. The van der Waals surface area contributed by atoms with Crippen molar-refractivity contribution in [2.24, 2.45) is 10.9 Å². The Morgan fingerprint density at radius 3 is 2.46 bits per heavy atom. The van der Waals surface area contributed by atoms with Gasteiger partial charge in [-0.25, -0.2) is 4.99 Å². The molecule has 0 spiro atoms. The van der Waals surface area contributed by atoms with E-state index in [1.807, 2.05) is 0 Å². The summed E-state index contributed by atoms with van der Waals surface area (Å²) in [6.07, 6.45) is 4.97. The van der Waals surface area contributed by atoms with Crippen molar-refractivity contribution in [1.82, 2.24) is 15.5 Å². The van der Waals surface area contributed by atoms with Crippen molar-refractivity contribution in [3.63, 3.8) is 0 Å². The van der Waals surface area contributed by atoms with Crippen LogP contribution in [0.15, 0.2) is 29.3 Å². The number of hydrogen-bond acceptors (Lipinski definition) is 2. The highest BCUT2D eigenvalue weighted by molar-refractivity contribution is 14.0. The van der Waals surface area contributed by atoms with Crippen molar-refractivity contribution < 1.29 is 4.79 Å². The third-order valence-electron chi connectivity index (χ3n) is 4.88. The summed E-state index contributed by atoms with van der Waals surface area (Å²) in [5, 5.41) is 6.75. The lowest BCUT2D eigenvalue weighted by molar-refractivity contribution is -0.127. The highest BCUT2D eigenvalue weighted by Gasteiger charge is 2.22. The maximum Gasteiger partial charge on any atom is 0.241 e. The van der Waals surface area contributed by atoms with E-state index in [1.165, 1.54) is 30.4 Å². The van der Waals surface area contributed by atoms with Gasteiger partial charge >= 0.3 is 0 Å². The van der Waals surface area contributed by atoms with Crippen LogP contribution in [0.25, 0.3) is 0 Å². The van der Waals surface area contributed by atoms with Crippen molar-refractivity contribution in [3.05, 3.63) is 35.4 Å². The van der Waals surface area contributed by atoms with E-state index in [2.05, 4.69) is 48.7 Å². The number of nitrogens with one attached hydrogen (secondary N) is 2. The molecule has 1 aromatic carbocycles. The predicted molar refractivity (Wildman–Crippen MR) is 119 cm³/mol. The molecule has 2 rings (SSSR count). The molecule has 0 bridgehead atoms. The fourth-order valence-electron chi connectivity index (χ4n) is 3.04. The van der Waals surface area contributed by atoms with Gasteiger partial charge in [0.25, 0.3) is 0 Å². The van der Waals surface area contributed by atoms with Crippen LogP contribution in [0.1, 0.15) is 43.7 Å². The molecule has 1 aromatic rings. The molecular weight excluding hydrogens is 439 g/mol. The Morgan fingerprint density at radius 1 is 1.19 bits per heavy atom. The van der Waals surface area contributed by atoms with E-state index in [4.69, 9.17) is 4.99 Å². The van der Waals surface area contributed by atoms with Crippen LogP contribution in [0.3, 0.4) is 0 Å². The summed E-state index contributed by atoms with van der Waals surface area (Å²) >= 11 is 0. The number of aryl methyl sites for hydroxylation is 1. The second-order valence-electron chi connectivity index (χ2n) is 7.30. The first kappa shape index (κ1) is 22.7. The van der Waals surface area contributed by atoms with Gasteiger partial charge < -0.3 is 15.5 Å². The fourth-order valence-corrected chi connectivity index (χ4v) is 3.04. The van der Waals surface area contributed by atoms with Crippen LogP contribution in [0.5, 0.6) is 0 Å². The molecule has 0 aromatic heterocycles. The van der Waals surface area contributed by atoms with Crippen LogP contribution in [0, 0.1) is 12.8 Å². The summed E-state index contributed by atoms with van der Waals surface area (Å²) in [6.45, 7) is 5.24. The molecule has 1 aliphatic rings. The number of likely N-dealkylation sites (N-methyl/N-ethyl adjacent to an activating group) is 1. The Labute approximate surface area is 175 Å². The molecule has 1 saturated carbocycles. The molecule has 0 aliphatic heterocycles. The molecule has 2 unspecified atom stereocenters. The number of guanidine groups is 1. The van der Waals surface area contributed by atoms with Gasteiger partial charge in [-0.15, -0.1) is 24.0 Å². The van der Waals surface area contributed by atoms with E-state index in [0.29, 0.717) is 18.5 Å². The summed E-state index contributed by atoms with van der Waals surface area (Å²) in [6, 6.07) is 8.83. The van der Waals surface area contributed by atoms with Crippen LogP contribution >= 0.6 is 24.0 Å². The second-order valence-corrected chi connectivity index (χ2v) is 7.30. The van der Waals surface area contributed by atoms with Crippen LogP contribution < -0.4 is 10.6 Å². The SMILES string of the molecule is Cc1ccc(CN=C(NCC(=O)N(C)C)NC2CCCCC2C)cc1.I. The highest BCUT2D eigenvalue weighted by atomic mass is 127. The molecule has 1 amide bonds. The molecule has 0 heterocycles. The monoisotopic (exact) mass is 472 g/mol. The number of nitrogens with zero attached hydrogens (tertiary/aromatic N) is 2. The number of halogens is 1. The van der Waals surface area contributed by atoms with Crippen molar-refractivity contribution in [2.75, 3.05) is 20.6 Å².